The maximum Gasteiger partial charge on any atom is 0.280 e. The molecule has 1 unspecified atom stereocenters. The molecule has 126 valence electrons. The van der Waals surface area contributed by atoms with Gasteiger partial charge in [0.2, 0.25) is 0 Å². The Hall–Kier alpha value is -3.02. The van der Waals surface area contributed by atoms with Crippen LogP contribution in [0.15, 0.2) is 53.6 Å². The second-order valence-corrected chi connectivity index (χ2v) is 4.97. The van der Waals surface area contributed by atoms with Crippen LogP contribution in [0.25, 0.3) is 0 Å². The van der Waals surface area contributed by atoms with E-state index in [0.717, 1.165) is 0 Å². The van der Waals surface area contributed by atoms with Gasteiger partial charge < -0.3 is 14.6 Å². The highest BCUT2D eigenvalue weighted by Crippen LogP contribution is 2.26. The fraction of sp³-hybridized carbons (Fsp3) is 0.222. The highest BCUT2D eigenvalue weighted by atomic mass is 16.5. The molecule has 1 atom stereocenters. The molecule has 0 saturated carbocycles. The predicted molar refractivity (Wildman–Crippen MR) is 91.5 cm³/mol. The number of carbonyl (C=O) groups is 1. The van der Waals surface area contributed by atoms with Crippen LogP contribution in [-0.2, 0) is 4.79 Å². The number of nitrogens with zero attached hydrogens (tertiary/aromatic N) is 1. The van der Waals surface area contributed by atoms with Gasteiger partial charge >= 0.3 is 0 Å². The number of phenolic OH excluding ortho intramolecular Hbond substituents is 1. The normalized spacial score (nSPS) is 11.9. The van der Waals surface area contributed by atoms with Gasteiger partial charge in [0.05, 0.1) is 12.8 Å². The summed E-state index contributed by atoms with van der Waals surface area (Å²) in [6.07, 6.45) is 0.790. The quantitative estimate of drug-likeness (QED) is 0.605. The number of hydrazone groups is 1. The van der Waals surface area contributed by atoms with Crippen LogP contribution >= 0.6 is 0 Å². The predicted octanol–water partition coefficient (Wildman–Crippen LogP) is 2.71. The lowest BCUT2D eigenvalue weighted by Gasteiger charge is -2.12. The first-order valence-electron chi connectivity index (χ1n) is 7.60. The van der Waals surface area contributed by atoms with Gasteiger partial charge in [0.1, 0.15) is 5.75 Å². The molecule has 0 fully saturated rings. The van der Waals surface area contributed by atoms with Crippen LogP contribution in [0.3, 0.4) is 0 Å². The third-order valence-electron chi connectivity index (χ3n) is 3.10. The maximum atomic E-state index is 11.9. The largest absolute Gasteiger partial charge is 0.504 e. The highest BCUT2D eigenvalue weighted by molar-refractivity contribution is 5.84. The van der Waals surface area contributed by atoms with E-state index in [2.05, 4.69) is 10.5 Å². The Morgan fingerprint density at radius 2 is 2.04 bits per heavy atom. The van der Waals surface area contributed by atoms with E-state index in [1.54, 1.807) is 31.2 Å². The van der Waals surface area contributed by atoms with E-state index in [9.17, 15) is 9.90 Å². The number of phenols is 1. The van der Waals surface area contributed by atoms with Gasteiger partial charge in [-0.1, -0.05) is 18.2 Å². The molecule has 2 aromatic carbocycles. The van der Waals surface area contributed by atoms with Crippen molar-refractivity contribution in [2.45, 2.75) is 20.0 Å². The summed E-state index contributed by atoms with van der Waals surface area (Å²) >= 11 is 0. The minimum atomic E-state index is -0.677. The molecule has 2 rings (SSSR count). The molecular weight excluding hydrogens is 308 g/mol. The topological polar surface area (TPSA) is 80.2 Å². The number of hydrogen-bond donors (Lipinski definition) is 2. The number of rotatable bonds is 7. The molecule has 0 saturated heterocycles. The van der Waals surface area contributed by atoms with Gasteiger partial charge in [0.25, 0.3) is 5.91 Å². The van der Waals surface area contributed by atoms with Gasteiger partial charge in [-0.25, -0.2) is 5.43 Å². The number of benzene rings is 2. The Labute approximate surface area is 140 Å². The van der Waals surface area contributed by atoms with Crippen molar-refractivity contribution in [2.24, 2.45) is 5.10 Å². The Bertz CT molecular complexity index is 701. The summed E-state index contributed by atoms with van der Waals surface area (Å²) in [5.74, 6) is 0.680. The highest BCUT2D eigenvalue weighted by Gasteiger charge is 2.13. The molecule has 0 spiro atoms. The van der Waals surface area contributed by atoms with Crippen LogP contribution in [0.1, 0.15) is 19.4 Å². The van der Waals surface area contributed by atoms with Crippen molar-refractivity contribution in [1.82, 2.24) is 5.43 Å². The van der Waals surface area contributed by atoms with Crippen molar-refractivity contribution in [3.05, 3.63) is 54.1 Å². The minimum absolute atomic E-state index is 0.0583. The smallest absolute Gasteiger partial charge is 0.280 e. The van der Waals surface area contributed by atoms with Gasteiger partial charge in [-0.15, -0.1) is 0 Å². The Morgan fingerprint density at radius 3 is 2.75 bits per heavy atom. The van der Waals surface area contributed by atoms with Crippen LogP contribution in [-0.4, -0.2) is 29.9 Å². The van der Waals surface area contributed by atoms with Crippen LogP contribution < -0.4 is 14.9 Å². The number of para-hydroxylation sites is 1. The number of hydrogen-bond acceptors (Lipinski definition) is 5. The second kappa shape index (κ2) is 8.57. The lowest BCUT2D eigenvalue weighted by molar-refractivity contribution is -0.127. The number of nitrogens with one attached hydrogen (secondary N) is 1. The van der Waals surface area contributed by atoms with Crippen LogP contribution in [0.4, 0.5) is 0 Å². The Morgan fingerprint density at radius 1 is 1.29 bits per heavy atom. The summed E-state index contributed by atoms with van der Waals surface area (Å²) in [7, 11) is 0. The molecule has 2 N–H and O–H groups in total. The van der Waals surface area contributed by atoms with Gasteiger partial charge in [-0.2, -0.15) is 5.10 Å². The summed E-state index contributed by atoms with van der Waals surface area (Å²) in [5.41, 5.74) is 3.11. The molecule has 0 bridgehead atoms. The Balaban J connectivity index is 1.91. The number of carbonyl (C=O) groups excluding carboxylic acids is 1. The van der Waals surface area contributed by atoms with Gasteiger partial charge in [0, 0.05) is 0 Å². The molecule has 0 aliphatic heterocycles. The number of ether oxygens (including phenoxy) is 2. The molecular formula is C18H20N2O4. The molecule has 0 aliphatic carbocycles. The number of aromatic hydroxyl groups is 1. The van der Waals surface area contributed by atoms with Gasteiger partial charge in [0.15, 0.2) is 17.6 Å². The molecule has 0 aromatic heterocycles. The first-order chi connectivity index (χ1) is 11.6. The van der Waals surface area contributed by atoms with Crippen molar-refractivity contribution >= 4 is 12.1 Å². The monoisotopic (exact) mass is 328 g/mol. The Kier molecular flexibility index (Phi) is 6.19. The fourth-order valence-corrected chi connectivity index (χ4v) is 1.90. The van der Waals surface area contributed by atoms with Crippen molar-refractivity contribution < 1.29 is 19.4 Å². The van der Waals surface area contributed by atoms with E-state index < -0.39 is 6.10 Å². The molecule has 6 nitrogen and oxygen atoms in total. The van der Waals surface area contributed by atoms with Gasteiger partial charge in [-0.3, -0.25) is 4.79 Å². The number of amides is 1. The first kappa shape index (κ1) is 17.3. The lowest BCUT2D eigenvalue weighted by Crippen LogP contribution is -2.33. The fourth-order valence-electron chi connectivity index (χ4n) is 1.90. The maximum absolute atomic E-state index is 11.9. The third kappa shape index (κ3) is 5.01. The summed E-state index contributed by atoms with van der Waals surface area (Å²) in [4.78, 5) is 11.9. The van der Waals surface area contributed by atoms with Crippen molar-refractivity contribution in [2.75, 3.05) is 6.61 Å². The summed E-state index contributed by atoms with van der Waals surface area (Å²) in [6, 6.07) is 13.9. The standard InChI is InChI=1S/C18H20N2O4/c1-3-23-17-11-14(9-10-16(17)21)12-19-20-18(22)13(2)24-15-7-5-4-6-8-15/h4-13,21H,3H2,1-2H3,(H,20,22). The zero-order valence-electron chi connectivity index (χ0n) is 13.6. The first-order valence-corrected chi connectivity index (χ1v) is 7.60. The average molecular weight is 328 g/mol. The summed E-state index contributed by atoms with van der Waals surface area (Å²) < 4.78 is 10.8. The van der Waals surface area contributed by atoms with E-state index >= 15 is 0 Å². The van der Waals surface area contributed by atoms with Crippen molar-refractivity contribution in [3.63, 3.8) is 0 Å². The molecule has 24 heavy (non-hydrogen) atoms. The SMILES string of the molecule is CCOc1cc(C=NNC(=O)C(C)Oc2ccccc2)ccc1O. The van der Waals surface area contributed by atoms with Crippen LogP contribution in [0.5, 0.6) is 17.2 Å². The molecule has 0 radical (unpaired) electrons. The molecule has 0 heterocycles. The van der Waals surface area contributed by atoms with E-state index in [4.69, 9.17) is 9.47 Å². The van der Waals surface area contributed by atoms with Crippen molar-refractivity contribution in [3.8, 4) is 17.2 Å². The molecule has 1 amide bonds. The average Bonchev–Trinajstić information content (AvgIpc) is 2.58. The van der Waals surface area contributed by atoms with E-state index in [0.29, 0.717) is 23.7 Å². The second-order valence-electron chi connectivity index (χ2n) is 4.97. The van der Waals surface area contributed by atoms with E-state index in [-0.39, 0.29) is 11.7 Å². The zero-order valence-corrected chi connectivity index (χ0v) is 13.6. The molecule has 2 aromatic rings. The minimum Gasteiger partial charge on any atom is -0.504 e. The molecule has 0 aliphatic rings. The van der Waals surface area contributed by atoms with Gasteiger partial charge in [-0.05, 0) is 49.7 Å². The van der Waals surface area contributed by atoms with Crippen LogP contribution in [0, 0.1) is 0 Å². The lowest BCUT2D eigenvalue weighted by atomic mass is 10.2. The third-order valence-corrected chi connectivity index (χ3v) is 3.10. The van der Waals surface area contributed by atoms with Crippen LogP contribution in [0.2, 0.25) is 0 Å². The summed E-state index contributed by atoms with van der Waals surface area (Å²) in [5, 5.41) is 13.5. The summed E-state index contributed by atoms with van der Waals surface area (Å²) in [6.45, 7) is 3.92. The zero-order chi connectivity index (χ0) is 17.4. The van der Waals surface area contributed by atoms with E-state index in [1.807, 2.05) is 25.1 Å². The molecule has 6 heteroatoms. The van der Waals surface area contributed by atoms with E-state index in [1.165, 1.54) is 12.3 Å². The van der Waals surface area contributed by atoms with Crippen molar-refractivity contribution in [1.29, 1.82) is 0 Å².